The van der Waals surface area contributed by atoms with Crippen LogP contribution in [0.1, 0.15) is 23.0 Å². The molecule has 104 valence electrons. The molecule has 0 radical (unpaired) electrons. The first kappa shape index (κ1) is 14.5. The van der Waals surface area contributed by atoms with Crippen molar-refractivity contribution in [1.29, 1.82) is 0 Å². The number of ketones is 1. The van der Waals surface area contributed by atoms with Gasteiger partial charge in [0, 0.05) is 16.0 Å². The molecule has 0 saturated carbocycles. The minimum absolute atomic E-state index is 0.227. The lowest BCUT2D eigenvalue weighted by Crippen LogP contribution is -2.13. The van der Waals surface area contributed by atoms with E-state index in [9.17, 15) is 9.59 Å². The van der Waals surface area contributed by atoms with Gasteiger partial charge >= 0.3 is 6.09 Å². The maximum absolute atomic E-state index is 12.1. The van der Waals surface area contributed by atoms with Crippen molar-refractivity contribution in [2.45, 2.75) is 6.92 Å². The van der Waals surface area contributed by atoms with Crippen LogP contribution in [0, 0.1) is 0 Å². The van der Waals surface area contributed by atoms with Crippen LogP contribution in [0.5, 0.6) is 0 Å². The molecule has 1 aromatic heterocycles. The van der Waals surface area contributed by atoms with Crippen LogP contribution < -0.4 is 5.32 Å². The molecule has 0 aliphatic carbocycles. The van der Waals surface area contributed by atoms with Crippen LogP contribution in [0.2, 0.25) is 5.02 Å². The molecule has 0 atom stereocenters. The van der Waals surface area contributed by atoms with Gasteiger partial charge in [-0.1, -0.05) is 11.6 Å². The molecule has 0 spiro atoms. The molecule has 20 heavy (non-hydrogen) atoms. The second-order valence-corrected chi connectivity index (χ2v) is 5.01. The van der Waals surface area contributed by atoms with Gasteiger partial charge in [0.15, 0.2) is 5.13 Å². The number of nitrogens with one attached hydrogen (secondary N) is 1. The van der Waals surface area contributed by atoms with Crippen LogP contribution in [-0.2, 0) is 4.74 Å². The van der Waals surface area contributed by atoms with Gasteiger partial charge < -0.3 is 4.74 Å². The average Bonchev–Trinajstić information content (AvgIpc) is 2.87. The Kier molecular flexibility index (Phi) is 4.70. The highest BCUT2D eigenvalue weighted by atomic mass is 35.5. The van der Waals surface area contributed by atoms with Gasteiger partial charge in [-0.15, -0.1) is 11.3 Å². The standard InChI is InChI=1S/C13H11ClN2O3S/c1-2-19-13(18)16-12-15-10(7-20-12)11(17)8-3-5-9(14)6-4-8/h3-7H,2H2,1H3,(H,15,16,18). The minimum atomic E-state index is -0.590. The van der Waals surface area contributed by atoms with Crippen molar-refractivity contribution in [3.05, 3.63) is 45.9 Å². The molecular weight excluding hydrogens is 300 g/mol. The Hall–Kier alpha value is -1.92. The monoisotopic (exact) mass is 310 g/mol. The van der Waals surface area contributed by atoms with E-state index >= 15 is 0 Å². The number of aromatic nitrogens is 1. The number of anilines is 1. The summed E-state index contributed by atoms with van der Waals surface area (Å²) >= 11 is 6.93. The van der Waals surface area contributed by atoms with E-state index in [2.05, 4.69) is 10.3 Å². The van der Waals surface area contributed by atoms with E-state index in [1.165, 1.54) is 0 Å². The van der Waals surface area contributed by atoms with E-state index in [0.29, 0.717) is 15.7 Å². The summed E-state index contributed by atoms with van der Waals surface area (Å²) in [5.41, 5.74) is 0.756. The summed E-state index contributed by atoms with van der Waals surface area (Å²) in [5, 5.41) is 4.91. The van der Waals surface area contributed by atoms with Gasteiger partial charge in [0.05, 0.1) is 6.61 Å². The Morgan fingerprint density at radius 1 is 1.35 bits per heavy atom. The Morgan fingerprint density at radius 2 is 2.05 bits per heavy atom. The summed E-state index contributed by atoms with van der Waals surface area (Å²) in [6, 6.07) is 6.53. The summed E-state index contributed by atoms with van der Waals surface area (Å²) in [7, 11) is 0. The smallest absolute Gasteiger partial charge is 0.413 e. The van der Waals surface area contributed by atoms with Gasteiger partial charge in [0.1, 0.15) is 5.69 Å². The number of hydrogen-bond acceptors (Lipinski definition) is 5. The average molecular weight is 311 g/mol. The normalized spacial score (nSPS) is 10.1. The number of nitrogens with zero attached hydrogens (tertiary/aromatic N) is 1. The number of rotatable bonds is 4. The zero-order valence-electron chi connectivity index (χ0n) is 10.6. The number of thiazole rings is 1. The van der Waals surface area contributed by atoms with Crippen molar-refractivity contribution in [3.8, 4) is 0 Å². The molecule has 0 fully saturated rings. The molecule has 0 aliphatic heterocycles. The molecule has 2 aromatic rings. The molecule has 2 rings (SSSR count). The third-order valence-corrected chi connectivity index (χ3v) is 3.34. The molecule has 0 unspecified atom stereocenters. The van der Waals surface area contributed by atoms with Gasteiger partial charge in [-0.05, 0) is 31.2 Å². The second kappa shape index (κ2) is 6.49. The minimum Gasteiger partial charge on any atom is -0.450 e. The van der Waals surface area contributed by atoms with Crippen molar-refractivity contribution in [2.75, 3.05) is 11.9 Å². The lowest BCUT2D eigenvalue weighted by Gasteiger charge is -2.00. The molecule has 0 saturated heterocycles. The topological polar surface area (TPSA) is 68.3 Å². The van der Waals surface area contributed by atoms with E-state index < -0.39 is 6.09 Å². The van der Waals surface area contributed by atoms with Crippen LogP contribution in [-0.4, -0.2) is 23.5 Å². The number of benzene rings is 1. The molecule has 0 bridgehead atoms. The SMILES string of the molecule is CCOC(=O)Nc1nc(C(=O)c2ccc(Cl)cc2)cs1. The van der Waals surface area contributed by atoms with E-state index in [4.69, 9.17) is 16.3 Å². The van der Waals surface area contributed by atoms with E-state index in [0.717, 1.165) is 11.3 Å². The predicted octanol–water partition coefficient (Wildman–Crippen LogP) is 3.60. The summed E-state index contributed by atoms with van der Waals surface area (Å²) in [6.07, 6.45) is -0.590. The Bertz CT molecular complexity index is 625. The van der Waals surface area contributed by atoms with Crippen LogP contribution in [0.25, 0.3) is 0 Å². The van der Waals surface area contributed by atoms with Crippen LogP contribution in [0.3, 0.4) is 0 Å². The number of carbonyl (C=O) groups excluding carboxylic acids is 2. The van der Waals surface area contributed by atoms with Crippen molar-refractivity contribution in [2.24, 2.45) is 0 Å². The fourth-order valence-corrected chi connectivity index (χ4v) is 2.24. The van der Waals surface area contributed by atoms with Gasteiger partial charge in [-0.25, -0.2) is 9.78 Å². The first-order chi connectivity index (χ1) is 9.60. The van der Waals surface area contributed by atoms with Crippen molar-refractivity contribution >= 4 is 39.9 Å². The third-order valence-electron chi connectivity index (χ3n) is 2.33. The van der Waals surface area contributed by atoms with E-state index in [-0.39, 0.29) is 18.1 Å². The molecule has 1 heterocycles. The highest BCUT2D eigenvalue weighted by Crippen LogP contribution is 2.19. The summed E-state index contributed by atoms with van der Waals surface area (Å²) in [5.74, 6) is -0.227. The van der Waals surface area contributed by atoms with Crippen molar-refractivity contribution in [3.63, 3.8) is 0 Å². The van der Waals surface area contributed by atoms with Gasteiger partial charge in [-0.3, -0.25) is 10.1 Å². The van der Waals surface area contributed by atoms with Crippen molar-refractivity contribution in [1.82, 2.24) is 4.98 Å². The van der Waals surface area contributed by atoms with Gasteiger partial charge in [-0.2, -0.15) is 0 Å². The third kappa shape index (κ3) is 3.55. The second-order valence-electron chi connectivity index (χ2n) is 3.72. The number of halogens is 1. The van der Waals surface area contributed by atoms with Crippen LogP contribution in [0.15, 0.2) is 29.6 Å². The fraction of sp³-hybridized carbons (Fsp3) is 0.154. The molecular formula is C13H11ClN2O3S. The van der Waals surface area contributed by atoms with Crippen LogP contribution >= 0.6 is 22.9 Å². The number of amides is 1. The largest absolute Gasteiger partial charge is 0.450 e. The number of carbonyl (C=O) groups is 2. The summed E-state index contributed by atoms with van der Waals surface area (Å²) in [6.45, 7) is 1.98. The maximum atomic E-state index is 12.1. The lowest BCUT2D eigenvalue weighted by molar-refractivity contribution is 0.103. The summed E-state index contributed by atoms with van der Waals surface area (Å²) in [4.78, 5) is 27.4. The van der Waals surface area contributed by atoms with Crippen LogP contribution in [0.4, 0.5) is 9.93 Å². The maximum Gasteiger partial charge on any atom is 0.413 e. The predicted molar refractivity (Wildman–Crippen MR) is 77.6 cm³/mol. The van der Waals surface area contributed by atoms with Gasteiger partial charge in [0.25, 0.3) is 0 Å². The Morgan fingerprint density at radius 3 is 2.70 bits per heavy atom. The Balaban J connectivity index is 2.10. The highest BCUT2D eigenvalue weighted by Gasteiger charge is 2.14. The fourth-order valence-electron chi connectivity index (χ4n) is 1.44. The molecule has 1 amide bonds. The lowest BCUT2D eigenvalue weighted by atomic mass is 10.1. The zero-order chi connectivity index (χ0) is 14.5. The van der Waals surface area contributed by atoms with Crippen molar-refractivity contribution < 1.29 is 14.3 Å². The first-order valence-electron chi connectivity index (χ1n) is 5.79. The number of ether oxygens (including phenoxy) is 1. The number of hydrogen-bond donors (Lipinski definition) is 1. The summed E-state index contributed by atoms with van der Waals surface area (Å²) < 4.78 is 4.73. The molecule has 5 nitrogen and oxygen atoms in total. The first-order valence-corrected chi connectivity index (χ1v) is 7.05. The van der Waals surface area contributed by atoms with E-state index in [1.807, 2.05) is 0 Å². The molecule has 0 aliphatic rings. The zero-order valence-corrected chi connectivity index (χ0v) is 12.1. The van der Waals surface area contributed by atoms with E-state index in [1.54, 1.807) is 36.6 Å². The van der Waals surface area contributed by atoms with Gasteiger partial charge in [0.2, 0.25) is 5.78 Å². The quantitative estimate of drug-likeness (QED) is 0.876. The molecule has 7 heteroatoms. The molecule has 1 N–H and O–H groups in total. The molecule has 1 aromatic carbocycles. The Labute approximate surface area is 124 Å². The highest BCUT2D eigenvalue weighted by molar-refractivity contribution is 7.14.